The second kappa shape index (κ2) is 12.3. The summed E-state index contributed by atoms with van der Waals surface area (Å²) in [5, 5.41) is 3.28. The van der Waals surface area contributed by atoms with Crippen LogP contribution in [0.3, 0.4) is 0 Å². The van der Waals surface area contributed by atoms with Crippen molar-refractivity contribution in [2.24, 2.45) is 4.99 Å². The standard InChI is InChI=1S/C38H47ClN2/c1-7-9-12-26-16-20-32-30(24-26)37(3,4)34(40-32)22-18-28-14-11-15-29(36(28)39)19-23-35-38(5,6)31-25-27(13-10-8-2)17-21-33(31)41-35/h16-25,40H,7-15H2,1-6H3/p+1/b23-19+,28-18+,34-22-. The SMILES string of the molecule is CCCCc1ccc2c(c1)C(C)(C)C(/C=C/C1=C(Cl)C(=C/C=C3\[NH2+]c4ccc(CCCC)cc4C3(C)C)/CCC1)=N2. The van der Waals surface area contributed by atoms with Crippen molar-refractivity contribution in [2.75, 3.05) is 0 Å². The Labute approximate surface area is 253 Å². The van der Waals surface area contributed by atoms with Crippen molar-refractivity contribution >= 4 is 28.7 Å². The Balaban J connectivity index is 1.35. The van der Waals surface area contributed by atoms with E-state index in [9.17, 15) is 0 Å². The van der Waals surface area contributed by atoms with E-state index < -0.39 is 0 Å². The number of benzene rings is 2. The van der Waals surface area contributed by atoms with Gasteiger partial charge in [-0.2, -0.15) is 0 Å². The van der Waals surface area contributed by atoms with Crippen LogP contribution in [0.25, 0.3) is 0 Å². The van der Waals surface area contributed by atoms with Crippen molar-refractivity contribution in [1.82, 2.24) is 0 Å². The number of quaternary nitrogens is 1. The van der Waals surface area contributed by atoms with Crippen LogP contribution in [0.4, 0.5) is 11.4 Å². The summed E-state index contributed by atoms with van der Waals surface area (Å²) in [5.74, 6) is 0. The zero-order valence-corrected chi connectivity index (χ0v) is 26.8. The Bertz CT molecular complexity index is 1460. The van der Waals surface area contributed by atoms with Crippen molar-refractivity contribution in [3.63, 3.8) is 0 Å². The molecule has 0 spiro atoms. The number of aliphatic imine (C=N–C) groups is 1. The summed E-state index contributed by atoms with van der Waals surface area (Å²) < 4.78 is 0. The highest BCUT2D eigenvalue weighted by Gasteiger charge is 2.39. The fraction of sp³-hybridized carbons (Fsp3) is 0.447. The van der Waals surface area contributed by atoms with E-state index in [-0.39, 0.29) is 10.8 Å². The second-order valence-corrected chi connectivity index (χ2v) is 13.6. The molecule has 3 aliphatic rings. The number of rotatable bonds is 9. The van der Waals surface area contributed by atoms with E-state index in [4.69, 9.17) is 16.6 Å². The highest BCUT2D eigenvalue weighted by molar-refractivity contribution is 6.32. The zero-order chi connectivity index (χ0) is 29.2. The first-order valence-corrected chi connectivity index (χ1v) is 16.2. The van der Waals surface area contributed by atoms with Gasteiger partial charge in [0, 0.05) is 16.0 Å². The number of fused-ring (bicyclic) bond motifs is 2. The molecule has 2 N–H and O–H groups in total. The van der Waals surface area contributed by atoms with Gasteiger partial charge in [0.15, 0.2) is 0 Å². The third-order valence-electron chi connectivity index (χ3n) is 9.44. The predicted octanol–water partition coefficient (Wildman–Crippen LogP) is 9.97. The zero-order valence-electron chi connectivity index (χ0n) is 26.0. The number of unbranched alkanes of at least 4 members (excludes halogenated alkanes) is 2. The van der Waals surface area contributed by atoms with Crippen LogP contribution in [0.2, 0.25) is 0 Å². The first-order valence-electron chi connectivity index (χ1n) is 15.8. The lowest BCUT2D eigenvalue weighted by molar-refractivity contribution is -0.515. The molecule has 0 unspecified atom stereocenters. The van der Waals surface area contributed by atoms with Gasteiger partial charge in [0.1, 0.15) is 11.4 Å². The molecule has 41 heavy (non-hydrogen) atoms. The lowest BCUT2D eigenvalue weighted by atomic mass is 9.80. The smallest absolute Gasteiger partial charge is 0.138 e. The molecule has 0 fully saturated rings. The molecule has 2 aromatic rings. The third-order valence-corrected chi connectivity index (χ3v) is 9.93. The number of hydrogen-bond acceptors (Lipinski definition) is 1. The maximum absolute atomic E-state index is 7.06. The van der Waals surface area contributed by atoms with Crippen molar-refractivity contribution < 1.29 is 5.32 Å². The molecule has 1 aliphatic carbocycles. The molecule has 3 heteroatoms. The average molecular weight is 568 g/mol. The molecule has 0 saturated heterocycles. The van der Waals surface area contributed by atoms with Gasteiger partial charge in [-0.05, 0) is 117 Å². The monoisotopic (exact) mass is 567 g/mol. The summed E-state index contributed by atoms with van der Waals surface area (Å²) in [5.41, 5.74) is 13.0. The fourth-order valence-electron chi connectivity index (χ4n) is 6.52. The lowest BCUT2D eigenvalue weighted by Gasteiger charge is -2.22. The van der Waals surface area contributed by atoms with Gasteiger partial charge in [-0.3, -0.25) is 10.3 Å². The van der Waals surface area contributed by atoms with Crippen LogP contribution in [-0.2, 0) is 23.7 Å². The van der Waals surface area contributed by atoms with Crippen LogP contribution >= 0.6 is 11.6 Å². The summed E-state index contributed by atoms with van der Waals surface area (Å²) in [7, 11) is 0. The quantitative estimate of drug-likeness (QED) is 0.292. The van der Waals surface area contributed by atoms with Crippen LogP contribution in [0.5, 0.6) is 0 Å². The van der Waals surface area contributed by atoms with E-state index in [0.717, 1.165) is 48.5 Å². The van der Waals surface area contributed by atoms with Gasteiger partial charge in [0.25, 0.3) is 0 Å². The third kappa shape index (κ3) is 6.11. The highest BCUT2D eigenvalue weighted by atomic mass is 35.5. The van der Waals surface area contributed by atoms with Gasteiger partial charge in [0.2, 0.25) is 0 Å². The molecular formula is C38H48ClN2+. The van der Waals surface area contributed by atoms with Crippen molar-refractivity contribution in [3.05, 3.63) is 105 Å². The fourth-order valence-corrected chi connectivity index (χ4v) is 6.83. The normalized spacial score (nSPS) is 21.2. The molecule has 2 aliphatic heterocycles. The van der Waals surface area contributed by atoms with Gasteiger partial charge in [0.05, 0.1) is 16.8 Å². The minimum atomic E-state index is -0.103. The second-order valence-electron chi connectivity index (χ2n) is 13.2. The summed E-state index contributed by atoms with van der Waals surface area (Å²) in [4.78, 5) is 5.04. The number of allylic oxidation sites excluding steroid dienone is 8. The molecule has 2 aromatic carbocycles. The van der Waals surface area contributed by atoms with Gasteiger partial charge in [-0.1, -0.05) is 82.5 Å². The molecule has 0 saturated carbocycles. The molecule has 2 heterocycles. The van der Waals surface area contributed by atoms with E-state index in [1.54, 1.807) is 0 Å². The molecule has 0 aromatic heterocycles. The highest BCUT2D eigenvalue weighted by Crippen LogP contribution is 2.42. The van der Waals surface area contributed by atoms with E-state index >= 15 is 0 Å². The maximum atomic E-state index is 7.06. The van der Waals surface area contributed by atoms with Crippen molar-refractivity contribution in [2.45, 2.75) is 110 Å². The van der Waals surface area contributed by atoms with Gasteiger partial charge < -0.3 is 0 Å². The number of halogens is 1. The van der Waals surface area contributed by atoms with Crippen LogP contribution in [-0.4, -0.2) is 5.71 Å². The number of hydrogen-bond donors (Lipinski definition) is 1. The van der Waals surface area contributed by atoms with Crippen molar-refractivity contribution in [3.8, 4) is 0 Å². The molecule has 0 amide bonds. The molecular weight excluding hydrogens is 520 g/mol. The van der Waals surface area contributed by atoms with E-state index in [0.29, 0.717) is 0 Å². The topological polar surface area (TPSA) is 29.0 Å². The van der Waals surface area contributed by atoms with E-state index in [1.807, 2.05) is 0 Å². The Morgan fingerprint density at radius 2 is 1.51 bits per heavy atom. The Morgan fingerprint density at radius 3 is 2.22 bits per heavy atom. The number of aryl methyl sites for hydroxylation is 2. The minimum Gasteiger partial charge on any atom is -0.284 e. The first kappa shape index (κ1) is 29.8. The molecule has 2 nitrogen and oxygen atoms in total. The summed E-state index contributed by atoms with van der Waals surface area (Å²) in [6.45, 7) is 13.8. The Hall–Kier alpha value is -2.68. The number of nitrogens with two attached hydrogens (primary N) is 1. The Kier molecular flexibility index (Phi) is 8.92. The van der Waals surface area contributed by atoms with Gasteiger partial charge in [-0.15, -0.1) is 0 Å². The minimum absolute atomic E-state index is 0.000180. The molecule has 0 atom stereocenters. The lowest BCUT2D eigenvalue weighted by Crippen LogP contribution is -2.75. The summed E-state index contributed by atoms with van der Waals surface area (Å²) >= 11 is 7.06. The van der Waals surface area contributed by atoms with Crippen LogP contribution < -0.4 is 5.32 Å². The number of nitrogens with zero attached hydrogens (tertiary/aromatic N) is 1. The Morgan fingerprint density at radius 1 is 0.829 bits per heavy atom. The van der Waals surface area contributed by atoms with Crippen LogP contribution in [0.15, 0.2) is 87.6 Å². The van der Waals surface area contributed by atoms with E-state index in [2.05, 4.69) is 108 Å². The van der Waals surface area contributed by atoms with Gasteiger partial charge in [-0.25, -0.2) is 0 Å². The molecule has 0 radical (unpaired) electrons. The van der Waals surface area contributed by atoms with Crippen molar-refractivity contribution in [1.29, 1.82) is 0 Å². The van der Waals surface area contributed by atoms with Gasteiger partial charge >= 0.3 is 0 Å². The maximum Gasteiger partial charge on any atom is 0.138 e. The average Bonchev–Trinajstić information content (AvgIpc) is 3.36. The molecule has 216 valence electrons. The summed E-state index contributed by atoms with van der Waals surface area (Å²) in [6, 6.07) is 13.9. The van der Waals surface area contributed by atoms with Crippen LogP contribution in [0, 0.1) is 0 Å². The van der Waals surface area contributed by atoms with Crippen LogP contribution in [0.1, 0.15) is 109 Å². The predicted molar refractivity (Wildman–Crippen MR) is 177 cm³/mol. The van der Waals surface area contributed by atoms with E-state index in [1.165, 1.54) is 70.5 Å². The molecule has 0 bridgehead atoms. The molecule has 5 rings (SSSR count). The first-order chi connectivity index (χ1) is 19.6. The largest absolute Gasteiger partial charge is 0.284 e. The summed E-state index contributed by atoms with van der Waals surface area (Å²) in [6.07, 6.45) is 19.4.